The van der Waals surface area contributed by atoms with Crippen molar-refractivity contribution < 1.29 is 19.4 Å². The number of esters is 1. The van der Waals surface area contributed by atoms with E-state index in [-0.39, 0.29) is 5.56 Å². The van der Waals surface area contributed by atoms with Crippen molar-refractivity contribution in [3.63, 3.8) is 0 Å². The Morgan fingerprint density at radius 3 is 2.67 bits per heavy atom. The van der Waals surface area contributed by atoms with Gasteiger partial charge in [-0.1, -0.05) is 0 Å². The summed E-state index contributed by atoms with van der Waals surface area (Å²) in [6, 6.07) is 0. The number of methoxy groups -OCH3 is 1. The predicted molar refractivity (Wildman–Crippen MR) is 50.6 cm³/mol. The Kier molecular flexibility index (Phi) is 3.08. The van der Waals surface area contributed by atoms with Crippen LogP contribution in [-0.2, 0) is 16.6 Å². The van der Waals surface area contributed by atoms with E-state index in [1.54, 1.807) is 7.05 Å². The molecule has 0 spiro atoms. The minimum Gasteiger partial charge on any atom is -0.481 e. The Bertz CT molecular complexity index is 397. The van der Waals surface area contributed by atoms with E-state index in [1.807, 2.05) is 0 Å². The van der Waals surface area contributed by atoms with E-state index in [0.717, 1.165) is 0 Å². The summed E-state index contributed by atoms with van der Waals surface area (Å²) in [5.41, 5.74) is 0.532. The Labute approximate surface area is 86.5 Å². The average molecular weight is 212 g/mol. The second kappa shape index (κ2) is 4.12. The minimum absolute atomic E-state index is 0.190. The van der Waals surface area contributed by atoms with E-state index in [2.05, 4.69) is 9.84 Å². The van der Waals surface area contributed by atoms with Crippen LogP contribution in [0.5, 0.6) is 0 Å². The smallest absolute Gasteiger partial charge is 0.341 e. The lowest BCUT2D eigenvalue weighted by Gasteiger charge is -2.08. The number of rotatable bonds is 3. The van der Waals surface area contributed by atoms with Crippen LogP contribution in [-0.4, -0.2) is 33.9 Å². The summed E-state index contributed by atoms with van der Waals surface area (Å²) < 4.78 is 5.90. The molecule has 1 atom stereocenters. The first-order valence-corrected chi connectivity index (χ1v) is 4.32. The average Bonchev–Trinajstić information content (AvgIpc) is 2.57. The number of aromatic nitrogens is 2. The number of carboxylic acid groups (broad SMARTS) is 1. The van der Waals surface area contributed by atoms with E-state index in [1.165, 1.54) is 24.9 Å². The number of ether oxygens (including phenoxy) is 1. The largest absolute Gasteiger partial charge is 0.481 e. The standard InChI is InChI=1S/C9H12N2O4/c1-5(8(12)13)7-6(9(14)15-3)4-10-11(7)2/h4-5H,1-3H3,(H,12,13). The first-order chi connectivity index (χ1) is 6.99. The van der Waals surface area contributed by atoms with Crippen LogP contribution in [0, 0.1) is 0 Å². The number of hydrogen-bond acceptors (Lipinski definition) is 4. The van der Waals surface area contributed by atoms with Gasteiger partial charge in [-0.15, -0.1) is 0 Å². The third-order valence-electron chi connectivity index (χ3n) is 2.17. The van der Waals surface area contributed by atoms with Crippen LogP contribution in [0.3, 0.4) is 0 Å². The van der Waals surface area contributed by atoms with Gasteiger partial charge in [-0.05, 0) is 6.92 Å². The number of carbonyl (C=O) groups excluding carboxylic acids is 1. The van der Waals surface area contributed by atoms with Gasteiger partial charge in [0.15, 0.2) is 0 Å². The molecule has 0 radical (unpaired) electrons. The maximum absolute atomic E-state index is 11.3. The van der Waals surface area contributed by atoms with E-state index in [9.17, 15) is 9.59 Å². The number of carboxylic acids is 1. The summed E-state index contributed by atoms with van der Waals surface area (Å²) in [7, 11) is 2.83. The Hall–Kier alpha value is -1.85. The second-order valence-corrected chi connectivity index (χ2v) is 3.12. The fourth-order valence-corrected chi connectivity index (χ4v) is 1.34. The minimum atomic E-state index is -1.01. The molecule has 1 unspecified atom stereocenters. The third kappa shape index (κ3) is 1.98. The first kappa shape index (κ1) is 11.2. The maximum atomic E-state index is 11.3. The molecule has 82 valence electrons. The van der Waals surface area contributed by atoms with Gasteiger partial charge in [-0.3, -0.25) is 9.48 Å². The zero-order chi connectivity index (χ0) is 11.6. The van der Waals surface area contributed by atoms with Crippen molar-refractivity contribution in [2.75, 3.05) is 7.11 Å². The molecule has 0 saturated heterocycles. The molecular formula is C9H12N2O4. The lowest BCUT2D eigenvalue weighted by molar-refractivity contribution is -0.138. The first-order valence-electron chi connectivity index (χ1n) is 4.32. The molecule has 1 aromatic rings. The lowest BCUT2D eigenvalue weighted by atomic mass is 10.0. The van der Waals surface area contributed by atoms with Gasteiger partial charge in [0.05, 0.1) is 24.9 Å². The van der Waals surface area contributed by atoms with Crippen LogP contribution in [0.1, 0.15) is 28.9 Å². The van der Waals surface area contributed by atoms with Crippen LogP contribution in [0.4, 0.5) is 0 Å². The van der Waals surface area contributed by atoms with Gasteiger partial charge < -0.3 is 9.84 Å². The van der Waals surface area contributed by atoms with Crippen molar-refractivity contribution in [3.05, 3.63) is 17.5 Å². The van der Waals surface area contributed by atoms with Crippen molar-refractivity contribution in [1.29, 1.82) is 0 Å². The van der Waals surface area contributed by atoms with Gasteiger partial charge in [0.2, 0.25) is 0 Å². The Morgan fingerprint density at radius 2 is 2.20 bits per heavy atom. The van der Waals surface area contributed by atoms with Gasteiger partial charge in [0.1, 0.15) is 5.56 Å². The van der Waals surface area contributed by atoms with Crippen molar-refractivity contribution in [3.8, 4) is 0 Å². The summed E-state index contributed by atoms with van der Waals surface area (Å²) in [5, 5.41) is 12.7. The molecule has 0 aliphatic carbocycles. The highest BCUT2D eigenvalue weighted by atomic mass is 16.5. The molecule has 0 aromatic carbocycles. The number of carbonyl (C=O) groups is 2. The Morgan fingerprint density at radius 1 is 1.60 bits per heavy atom. The van der Waals surface area contributed by atoms with Crippen LogP contribution < -0.4 is 0 Å². The number of aliphatic carboxylic acids is 1. The molecule has 0 aliphatic rings. The van der Waals surface area contributed by atoms with E-state index < -0.39 is 17.9 Å². The van der Waals surface area contributed by atoms with E-state index >= 15 is 0 Å². The highest BCUT2D eigenvalue weighted by molar-refractivity contribution is 5.92. The van der Waals surface area contributed by atoms with E-state index in [4.69, 9.17) is 5.11 Å². The molecule has 1 N–H and O–H groups in total. The summed E-state index contributed by atoms with van der Waals surface area (Å²) in [4.78, 5) is 22.1. The van der Waals surface area contributed by atoms with Crippen molar-refractivity contribution >= 4 is 11.9 Å². The van der Waals surface area contributed by atoms with Crippen LogP contribution in [0.2, 0.25) is 0 Å². The van der Waals surface area contributed by atoms with Crippen molar-refractivity contribution in [1.82, 2.24) is 9.78 Å². The topological polar surface area (TPSA) is 81.4 Å². The van der Waals surface area contributed by atoms with Gasteiger partial charge in [-0.2, -0.15) is 5.10 Å². The van der Waals surface area contributed by atoms with Gasteiger partial charge in [0.25, 0.3) is 0 Å². The molecule has 0 saturated carbocycles. The fraction of sp³-hybridized carbons (Fsp3) is 0.444. The fourth-order valence-electron chi connectivity index (χ4n) is 1.34. The number of aryl methyl sites for hydroxylation is 1. The predicted octanol–water partition coefficient (Wildman–Crippen LogP) is 0.395. The van der Waals surface area contributed by atoms with E-state index in [0.29, 0.717) is 5.69 Å². The summed E-state index contributed by atoms with van der Waals surface area (Å²) >= 11 is 0. The zero-order valence-electron chi connectivity index (χ0n) is 8.72. The van der Waals surface area contributed by atoms with Crippen LogP contribution in [0.15, 0.2) is 6.20 Å². The molecule has 6 nitrogen and oxygen atoms in total. The zero-order valence-corrected chi connectivity index (χ0v) is 8.72. The summed E-state index contributed by atoms with van der Waals surface area (Å²) in [6.45, 7) is 1.49. The quantitative estimate of drug-likeness (QED) is 0.733. The SMILES string of the molecule is COC(=O)c1cnn(C)c1C(C)C(=O)O. The molecule has 1 rings (SSSR count). The number of nitrogens with zero attached hydrogens (tertiary/aromatic N) is 2. The highest BCUT2D eigenvalue weighted by Gasteiger charge is 2.25. The second-order valence-electron chi connectivity index (χ2n) is 3.12. The summed E-state index contributed by atoms with van der Waals surface area (Å²) in [6.07, 6.45) is 1.31. The molecule has 1 aromatic heterocycles. The molecule has 0 fully saturated rings. The lowest BCUT2D eigenvalue weighted by Crippen LogP contribution is -2.16. The van der Waals surface area contributed by atoms with Crippen LogP contribution in [0.25, 0.3) is 0 Å². The normalized spacial score (nSPS) is 12.2. The number of hydrogen-bond donors (Lipinski definition) is 1. The third-order valence-corrected chi connectivity index (χ3v) is 2.17. The van der Waals surface area contributed by atoms with Gasteiger partial charge in [0, 0.05) is 7.05 Å². The molecule has 15 heavy (non-hydrogen) atoms. The molecule has 6 heteroatoms. The highest BCUT2D eigenvalue weighted by Crippen LogP contribution is 2.19. The molecule has 0 bridgehead atoms. The molecule has 0 amide bonds. The molecular weight excluding hydrogens is 200 g/mol. The van der Waals surface area contributed by atoms with Crippen LogP contribution >= 0.6 is 0 Å². The van der Waals surface area contributed by atoms with Gasteiger partial charge in [-0.25, -0.2) is 4.79 Å². The Balaban J connectivity index is 3.20. The van der Waals surface area contributed by atoms with Gasteiger partial charge >= 0.3 is 11.9 Å². The molecule has 1 heterocycles. The molecule has 0 aliphatic heterocycles. The monoisotopic (exact) mass is 212 g/mol. The van der Waals surface area contributed by atoms with Crippen molar-refractivity contribution in [2.45, 2.75) is 12.8 Å². The van der Waals surface area contributed by atoms with Crippen molar-refractivity contribution in [2.24, 2.45) is 7.05 Å². The maximum Gasteiger partial charge on any atom is 0.341 e. The summed E-state index contributed by atoms with van der Waals surface area (Å²) in [5.74, 6) is -2.39.